The van der Waals surface area contributed by atoms with Gasteiger partial charge in [0, 0.05) is 6.54 Å². The van der Waals surface area contributed by atoms with Crippen molar-refractivity contribution in [1.82, 2.24) is 4.90 Å². The number of likely N-dealkylation sites (N-methyl/N-ethyl adjacent to an activating group) is 1. The number of hydrogen-bond acceptors (Lipinski definition) is 3. The van der Waals surface area contributed by atoms with E-state index in [2.05, 4.69) is 29.2 Å². The summed E-state index contributed by atoms with van der Waals surface area (Å²) in [7, 11) is 2.05. The van der Waals surface area contributed by atoms with Crippen LogP contribution >= 0.6 is 0 Å². The fourth-order valence-electron chi connectivity index (χ4n) is 1.55. The molecule has 1 unspecified atom stereocenters. The Morgan fingerprint density at radius 1 is 1.36 bits per heavy atom. The Labute approximate surface area is 84.2 Å². The Hall–Kier alpha value is -0.900. The highest BCUT2D eigenvalue weighted by Crippen LogP contribution is 2.11. The molecule has 0 amide bonds. The normalized spacial score (nSPS) is 21.7. The highest BCUT2D eigenvalue weighted by atomic mass is 16.7. The van der Waals surface area contributed by atoms with E-state index < -0.39 is 0 Å². The Kier molecular flexibility index (Phi) is 3.14. The predicted molar refractivity (Wildman–Crippen MR) is 53.6 cm³/mol. The van der Waals surface area contributed by atoms with Crippen molar-refractivity contribution in [3.05, 3.63) is 35.9 Å². The fourth-order valence-corrected chi connectivity index (χ4v) is 1.55. The smallest absolute Gasteiger partial charge is 0.149 e. The topological polar surface area (TPSA) is 21.7 Å². The minimum Gasteiger partial charge on any atom is -0.351 e. The van der Waals surface area contributed by atoms with Gasteiger partial charge in [0.15, 0.2) is 0 Å². The van der Waals surface area contributed by atoms with Crippen LogP contribution in [0.4, 0.5) is 0 Å². The van der Waals surface area contributed by atoms with Gasteiger partial charge in [0.2, 0.25) is 0 Å². The molecule has 2 rings (SSSR count). The number of rotatable bonds is 3. The van der Waals surface area contributed by atoms with Crippen molar-refractivity contribution in [3.8, 4) is 0 Å². The monoisotopic (exact) mass is 193 g/mol. The molecule has 0 saturated carbocycles. The molecule has 1 aromatic rings. The van der Waals surface area contributed by atoms with Gasteiger partial charge in [-0.15, -0.1) is 0 Å². The van der Waals surface area contributed by atoms with Gasteiger partial charge in [-0.25, -0.2) is 0 Å². The third kappa shape index (κ3) is 2.32. The molecule has 14 heavy (non-hydrogen) atoms. The van der Waals surface area contributed by atoms with E-state index in [1.807, 2.05) is 13.1 Å². The summed E-state index contributed by atoms with van der Waals surface area (Å²) in [6.45, 7) is 1.99. The Morgan fingerprint density at radius 3 is 2.79 bits per heavy atom. The van der Waals surface area contributed by atoms with Crippen molar-refractivity contribution in [1.29, 1.82) is 0 Å². The minimum absolute atomic E-state index is 0.107. The molecule has 0 aliphatic carbocycles. The average molecular weight is 193 g/mol. The second kappa shape index (κ2) is 4.55. The van der Waals surface area contributed by atoms with Crippen LogP contribution in [0.1, 0.15) is 5.56 Å². The predicted octanol–water partition coefficient (Wildman–Crippen LogP) is 1.45. The maximum atomic E-state index is 5.39. The molecule has 0 bridgehead atoms. The average Bonchev–Trinajstić information content (AvgIpc) is 2.72. The van der Waals surface area contributed by atoms with Crippen LogP contribution in [0.2, 0.25) is 0 Å². The Bertz CT molecular complexity index is 270. The first-order valence-corrected chi connectivity index (χ1v) is 4.80. The first-order chi connectivity index (χ1) is 6.86. The van der Waals surface area contributed by atoms with Crippen LogP contribution in [0.5, 0.6) is 0 Å². The third-order valence-electron chi connectivity index (χ3n) is 2.37. The molecule has 0 N–H and O–H groups in total. The molecular weight excluding hydrogens is 178 g/mol. The summed E-state index contributed by atoms with van der Waals surface area (Å²) in [4.78, 5) is 2.16. The molecule has 1 fully saturated rings. The molecule has 76 valence electrons. The number of benzene rings is 1. The summed E-state index contributed by atoms with van der Waals surface area (Å²) in [6.07, 6.45) is 0.107. The van der Waals surface area contributed by atoms with Crippen LogP contribution in [0.25, 0.3) is 0 Å². The van der Waals surface area contributed by atoms with Crippen molar-refractivity contribution >= 4 is 0 Å². The molecule has 1 aliphatic rings. The summed E-state index contributed by atoms with van der Waals surface area (Å²) < 4.78 is 10.5. The zero-order valence-electron chi connectivity index (χ0n) is 8.35. The molecule has 1 heterocycles. The zero-order chi connectivity index (χ0) is 9.80. The molecule has 1 aliphatic heterocycles. The van der Waals surface area contributed by atoms with E-state index in [0.29, 0.717) is 13.4 Å². The highest BCUT2D eigenvalue weighted by molar-refractivity contribution is 5.14. The number of ether oxygens (including phenoxy) is 2. The molecular formula is C11H15NO2. The van der Waals surface area contributed by atoms with E-state index in [-0.39, 0.29) is 6.23 Å². The first kappa shape index (κ1) is 9.65. The fraction of sp³-hybridized carbons (Fsp3) is 0.455. The lowest BCUT2D eigenvalue weighted by atomic mass is 10.2. The van der Waals surface area contributed by atoms with Crippen molar-refractivity contribution in [2.24, 2.45) is 0 Å². The summed E-state index contributed by atoms with van der Waals surface area (Å²) in [6, 6.07) is 10.4. The molecule has 3 heteroatoms. The molecule has 1 atom stereocenters. The SMILES string of the molecule is CN(Cc1ccccc1)C1COCO1. The van der Waals surface area contributed by atoms with Gasteiger partial charge in [0.05, 0.1) is 6.61 Å². The van der Waals surface area contributed by atoms with E-state index in [9.17, 15) is 0 Å². The lowest BCUT2D eigenvalue weighted by Crippen LogP contribution is -2.32. The summed E-state index contributed by atoms with van der Waals surface area (Å²) in [5.41, 5.74) is 1.30. The quantitative estimate of drug-likeness (QED) is 0.725. The van der Waals surface area contributed by atoms with Gasteiger partial charge >= 0.3 is 0 Å². The summed E-state index contributed by atoms with van der Waals surface area (Å²) >= 11 is 0. The van der Waals surface area contributed by atoms with Crippen LogP contribution in [0.15, 0.2) is 30.3 Å². The highest BCUT2D eigenvalue weighted by Gasteiger charge is 2.20. The van der Waals surface area contributed by atoms with Gasteiger partial charge in [-0.05, 0) is 12.6 Å². The van der Waals surface area contributed by atoms with E-state index in [1.54, 1.807) is 0 Å². The maximum Gasteiger partial charge on any atom is 0.149 e. The van der Waals surface area contributed by atoms with E-state index in [4.69, 9.17) is 9.47 Å². The van der Waals surface area contributed by atoms with Crippen LogP contribution < -0.4 is 0 Å². The van der Waals surface area contributed by atoms with Gasteiger partial charge in [0.25, 0.3) is 0 Å². The summed E-state index contributed by atoms with van der Waals surface area (Å²) in [5, 5.41) is 0. The second-order valence-electron chi connectivity index (χ2n) is 3.51. The zero-order valence-corrected chi connectivity index (χ0v) is 8.35. The standard InChI is InChI=1S/C11H15NO2/c1-12(11-8-13-9-14-11)7-10-5-3-2-4-6-10/h2-6,11H,7-9H2,1H3. The van der Waals surface area contributed by atoms with Gasteiger partial charge in [-0.3, -0.25) is 4.90 Å². The Morgan fingerprint density at radius 2 is 2.14 bits per heavy atom. The van der Waals surface area contributed by atoms with Crippen molar-refractivity contribution in [3.63, 3.8) is 0 Å². The lowest BCUT2D eigenvalue weighted by molar-refractivity contribution is -0.0170. The molecule has 1 saturated heterocycles. The van der Waals surface area contributed by atoms with Crippen molar-refractivity contribution in [2.45, 2.75) is 12.8 Å². The van der Waals surface area contributed by atoms with Crippen LogP contribution in [0, 0.1) is 0 Å². The molecule has 0 aromatic heterocycles. The molecule has 0 spiro atoms. The molecule has 0 radical (unpaired) electrons. The van der Waals surface area contributed by atoms with Gasteiger partial charge in [0.1, 0.15) is 13.0 Å². The summed E-state index contributed by atoms with van der Waals surface area (Å²) in [5.74, 6) is 0. The second-order valence-corrected chi connectivity index (χ2v) is 3.51. The van der Waals surface area contributed by atoms with Gasteiger partial charge < -0.3 is 9.47 Å². The van der Waals surface area contributed by atoms with E-state index in [0.717, 1.165) is 6.54 Å². The van der Waals surface area contributed by atoms with E-state index >= 15 is 0 Å². The Balaban J connectivity index is 1.90. The van der Waals surface area contributed by atoms with Gasteiger partial charge in [-0.2, -0.15) is 0 Å². The lowest BCUT2D eigenvalue weighted by Gasteiger charge is -2.21. The number of hydrogen-bond donors (Lipinski definition) is 0. The maximum absolute atomic E-state index is 5.39. The van der Waals surface area contributed by atoms with Crippen LogP contribution in [0.3, 0.4) is 0 Å². The van der Waals surface area contributed by atoms with Crippen molar-refractivity contribution in [2.75, 3.05) is 20.4 Å². The third-order valence-corrected chi connectivity index (χ3v) is 2.37. The minimum atomic E-state index is 0.107. The van der Waals surface area contributed by atoms with Crippen LogP contribution in [-0.2, 0) is 16.0 Å². The van der Waals surface area contributed by atoms with Crippen molar-refractivity contribution < 1.29 is 9.47 Å². The molecule has 1 aromatic carbocycles. The largest absolute Gasteiger partial charge is 0.351 e. The first-order valence-electron chi connectivity index (χ1n) is 4.80. The van der Waals surface area contributed by atoms with Gasteiger partial charge in [-0.1, -0.05) is 30.3 Å². The number of nitrogens with zero attached hydrogens (tertiary/aromatic N) is 1. The van der Waals surface area contributed by atoms with E-state index in [1.165, 1.54) is 5.56 Å². The van der Waals surface area contributed by atoms with Crippen LogP contribution in [-0.4, -0.2) is 31.6 Å². The molecule has 3 nitrogen and oxygen atoms in total.